The summed E-state index contributed by atoms with van der Waals surface area (Å²) >= 11 is 1.74. The van der Waals surface area contributed by atoms with Crippen LogP contribution in [0.1, 0.15) is 32.6 Å². The Kier molecular flexibility index (Phi) is 3.83. The van der Waals surface area contributed by atoms with Crippen LogP contribution in [0.4, 0.5) is 0 Å². The number of thioether (sulfide) groups is 1. The minimum atomic E-state index is -0.241. The topological polar surface area (TPSA) is 26.3 Å². The number of rotatable bonds is 2. The second-order valence-electron chi connectivity index (χ2n) is 5.74. The molecule has 3 heteroatoms. The van der Waals surface area contributed by atoms with Crippen molar-refractivity contribution >= 4 is 17.5 Å². The van der Waals surface area contributed by atoms with Crippen LogP contribution >= 0.6 is 11.8 Å². The maximum absolute atomic E-state index is 12.6. The summed E-state index contributed by atoms with van der Waals surface area (Å²) in [7, 11) is 0. The van der Waals surface area contributed by atoms with Gasteiger partial charge in [-0.25, -0.2) is 0 Å². The van der Waals surface area contributed by atoms with Crippen LogP contribution in [0.2, 0.25) is 0 Å². The summed E-state index contributed by atoms with van der Waals surface area (Å²) in [6, 6.07) is 8.00. The van der Waals surface area contributed by atoms with Gasteiger partial charge in [-0.05, 0) is 30.9 Å². The van der Waals surface area contributed by atoms with Crippen molar-refractivity contribution in [3.63, 3.8) is 0 Å². The molecule has 1 aromatic rings. The number of ketones is 1. The second kappa shape index (κ2) is 5.58. The van der Waals surface area contributed by atoms with Crippen LogP contribution in [0.15, 0.2) is 29.2 Å². The van der Waals surface area contributed by atoms with Crippen LogP contribution in [0, 0.1) is 11.8 Å². The van der Waals surface area contributed by atoms with Crippen LogP contribution in [-0.2, 0) is 4.79 Å². The zero-order valence-electron chi connectivity index (χ0n) is 11.3. The summed E-state index contributed by atoms with van der Waals surface area (Å²) in [5.41, 5.74) is 0. The number of benzene rings is 1. The highest BCUT2D eigenvalue weighted by molar-refractivity contribution is 7.99. The Morgan fingerprint density at radius 2 is 2.16 bits per heavy atom. The highest BCUT2D eigenvalue weighted by Crippen LogP contribution is 2.37. The van der Waals surface area contributed by atoms with Crippen molar-refractivity contribution in [2.45, 2.75) is 43.6 Å². The van der Waals surface area contributed by atoms with Crippen molar-refractivity contribution in [1.29, 1.82) is 0 Å². The van der Waals surface area contributed by atoms with Gasteiger partial charge in [0.05, 0.1) is 0 Å². The van der Waals surface area contributed by atoms with E-state index in [2.05, 4.69) is 13.0 Å². The molecule has 2 nitrogen and oxygen atoms in total. The molecule has 0 aromatic heterocycles. The molecule has 0 N–H and O–H groups in total. The van der Waals surface area contributed by atoms with Gasteiger partial charge >= 0.3 is 0 Å². The first-order valence-corrected chi connectivity index (χ1v) is 8.15. The van der Waals surface area contributed by atoms with E-state index < -0.39 is 0 Å². The van der Waals surface area contributed by atoms with E-state index in [0.29, 0.717) is 11.7 Å². The van der Waals surface area contributed by atoms with E-state index in [0.717, 1.165) is 29.2 Å². The van der Waals surface area contributed by atoms with Gasteiger partial charge < -0.3 is 4.74 Å². The molecule has 1 aliphatic carbocycles. The lowest BCUT2D eigenvalue weighted by molar-refractivity contribution is -0.130. The molecule has 1 fully saturated rings. The van der Waals surface area contributed by atoms with Gasteiger partial charge in [-0.1, -0.05) is 31.9 Å². The quantitative estimate of drug-likeness (QED) is 0.818. The Hall–Kier alpha value is -0.960. The van der Waals surface area contributed by atoms with Gasteiger partial charge in [0, 0.05) is 16.6 Å². The van der Waals surface area contributed by atoms with Crippen molar-refractivity contribution < 1.29 is 9.53 Å². The van der Waals surface area contributed by atoms with Gasteiger partial charge in [0.2, 0.25) is 0 Å². The van der Waals surface area contributed by atoms with E-state index in [1.807, 2.05) is 18.2 Å². The minimum absolute atomic E-state index is 0.222. The molecule has 0 bridgehead atoms. The third kappa shape index (κ3) is 2.81. The minimum Gasteiger partial charge on any atom is -0.481 e. The van der Waals surface area contributed by atoms with Crippen molar-refractivity contribution in [3.8, 4) is 5.75 Å². The molecule has 3 unspecified atom stereocenters. The molecule has 1 saturated carbocycles. The monoisotopic (exact) mass is 276 g/mol. The number of fused-ring (bicyclic) bond motifs is 1. The molecule has 1 aliphatic heterocycles. The average molecular weight is 276 g/mol. The average Bonchev–Trinajstić information content (AvgIpc) is 2.46. The third-order valence-corrected chi connectivity index (χ3v) is 5.28. The lowest BCUT2D eigenvalue weighted by Gasteiger charge is -2.31. The third-order valence-electron chi connectivity index (χ3n) is 4.16. The summed E-state index contributed by atoms with van der Waals surface area (Å²) in [5, 5.41) is 0. The number of hydrogen-bond acceptors (Lipinski definition) is 3. The molecule has 0 saturated heterocycles. The molecule has 19 heavy (non-hydrogen) atoms. The van der Waals surface area contributed by atoms with Crippen LogP contribution in [0.3, 0.4) is 0 Å². The normalized spacial score (nSPS) is 30.3. The number of carbonyl (C=O) groups is 1. The Bertz CT molecular complexity index is 472. The van der Waals surface area contributed by atoms with E-state index in [-0.39, 0.29) is 12.0 Å². The molecule has 1 aromatic carbocycles. The Balaban J connectivity index is 1.69. The first-order valence-electron chi connectivity index (χ1n) is 7.16. The fraction of sp³-hybridized carbons (Fsp3) is 0.562. The second-order valence-corrected chi connectivity index (χ2v) is 6.80. The molecule has 1 heterocycles. The van der Waals surface area contributed by atoms with Crippen LogP contribution in [0.5, 0.6) is 5.75 Å². The summed E-state index contributed by atoms with van der Waals surface area (Å²) < 4.78 is 5.91. The maximum atomic E-state index is 12.6. The van der Waals surface area contributed by atoms with E-state index in [9.17, 15) is 4.79 Å². The summed E-state index contributed by atoms with van der Waals surface area (Å²) in [5.74, 6) is 2.88. The maximum Gasteiger partial charge on any atom is 0.177 e. The van der Waals surface area contributed by atoms with Gasteiger partial charge in [-0.2, -0.15) is 0 Å². The number of ether oxygens (including phenoxy) is 1. The van der Waals surface area contributed by atoms with Crippen LogP contribution in [0.25, 0.3) is 0 Å². The highest BCUT2D eigenvalue weighted by Gasteiger charge is 2.33. The molecule has 0 radical (unpaired) electrons. The van der Waals surface area contributed by atoms with Gasteiger partial charge in [-0.15, -0.1) is 11.8 Å². The Morgan fingerprint density at radius 1 is 1.32 bits per heavy atom. The number of hydrogen-bond donors (Lipinski definition) is 0. The molecular weight excluding hydrogens is 256 g/mol. The molecule has 0 amide bonds. The van der Waals surface area contributed by atoms with Crippen molar-refractivity contribution in [2.24, 2.45) is 11.8 Å². The van der Waals surface area contributed by atoms with Gasteiger partial charge in [0.25, 0.3) is 0 Å². The molecule has 3 atom stereocenters. The fourth-order valence-corrected chi connectivity index (χ4v) is 4.11. The standard InChI is InChI=1S/C16H20O2S/c1-11-5-4-6-12(9-11)16(17)14-10-19-15-8-3-2-7-13(15)18-14/h2-3,7-8,11-12,14H,4-6,9-10H2,1H3. The molecule has 2 aliphatic rings. The van der Waals surface area contributed by atoms with E-state index in [1.54, 1.807) is 11.8 Å². The Morgan fingerprint density at radius 3 is 3.00 bits per heavy atom. The van der Waals surface area contributed by atoms with Crippen molar-refractivity contribution in [3.05, 3.63) is 24.3 Å². The van der Waals surface area contributed by atoms with Gasteiger partial charge in [0.1, 0.15) is 5.75 Å². The van der Waals surface area contributed by atoms with Gasteiger partial charge in [-0.3, -0.25) is 4.79 Å². The lowest BCUT2D eigenvalue weighted by atomic mass is 9.79. The van der Waals surface area contributed by atoms with Crippen LogP contribution in [-0.4, -0.2) is 17.6 Å². The number of para-hydroxylation sites is 1. The van der Waals surface area contributed by atoms with Gasteiger partial charge in [0.15, 0.2) is 11.9 Å². The molecule has 102 valence electrons. The number of Topliss-reactive ketones (excluding diaryl/α,β-unsaturated/α-hetero) is 1. The lowest BCUT2D eigenvalue weighted by Crippen LogP contribution is -2.38. The first kappa shape index (κ1) is 13.0. The summed E-state index contributed by atoms with van der Waals surface area (Å²) in [4.78, 5) is 13.7. The first-order chi connectivity index (χ1) is 9.24. The zero-order chi connectivity index (χ0) is 13.2. The summed E-state index contributed by atoms with van der Waals surface area (Å²) in [6.45, 7) is 2.26. The molecular formula is C16H20O2S. The van der Waals surface area contributed by atoms with Crippen molar-refractivity contribution in [2.75, 3.05) is 5.75 Å². The molecule has 3 rings (SSSR count). The Labute approximate surface area is 118 Å². The van der Waals surface area contributed by atoms with E-state index in [1.165, 1.54) is 12.8 Å². The predicted octanol–water partition coefficient (Wildman–Crippen LogP) is 3.94. The predicted molar refractivity (Wildman–Crippen MR) is 77.7 cm³/mol. The van der Waals surface area contributed by atoms with Crippen molar-refractivity contribution in [1.82, 2.24) is 0 Å². The van der Waals surface area contributed by atoms with Crippen LogP contribution < -0.4 is 4.74 Å². The number of carbonyl (C=O) groups excluding carboxylic acids is 1. The smallest absolute Gasteiger partial charge is 0.177 e. The van der Waals surface area contributed by atoms with E-state index in [4.69, 9.17) is 4.74 Å². The zero-order valence-corrected chi connectivity index (χ0v) is 12.1. The SMILES string of the molecule is CC1CCCC(C(=O)C2CSc3ccccc3O2)C1. The highest BCUT2D eigenvalue weighted by atomic mass is 32.2. The fourth-order valence-electron chi connectivity index (χ4n) is 3.12. The van der Waals surface area contributed by atoms with E-state index >= 15 is 0 Å². The summed E-state index contributed by atoms with van der Waals surface area (Å²) in [6.07, 6.45) is 4.32. The largest absolute Gasteiger partial charge is 0.481 e. The molecule has 0 spiro atoms.